The van der Waals surface area contributed by atoms with Gasteiger partial charge >= 0.3 is 0 Å². The van der Waals surface area contributed by atoms with E-state index in [2.05, 4.69) is 5.10 Å². The van der Waals surface area contributed by atoms with Crippen LogP contribution in [-0.2, 0) is 11.8 Å². The highest BCUT2D eigenvalue weighted by atomic mass is 16.5. The maximum atomic E-state index is 5.95. The number of hydrogen-bond acceptors (Lipinski definition) is 3. The van der Waals surface area contributed by atoms with Gasteiger partial charge in [0.1, 0.15) is 0 Å². The second kappa shape index (κ2) is 4.33. The van der Waals surface area contributed by atoms with E-state index in [1.807, 2.05) is 24.9 Å². The van der Waals surface area contributed by atoms with Crippen molar-refractivity contribution in [2.24, 2.45) is 12.8 Å². The third-order valence-corrected chi connectivity index (χ3v) is 2.99. The molecule has 2 heterocycles. The highest BCUT2D eigenvalue weighted by Gasteiger charge is 2.23. The Kier molecular flexibility index (Phi) is 3.07. The van der Waals surface area contributed by atoms with Gasteiger partial charge in [0.2, 0.25) is 0 Å². The Hall–Kier alpha value is -0.870. The van der Waals surface area contributed by atoms with Crippen LogP contribution in [0.5, 0.6) is 0 Å². The first kappa shape index (κ1) is 10.6. The van der Waals surface area contributed by atoms with Gasteiger partial charge in [0.15, 0.2) is 0 Å². The van der Waals surface area contributed by atoms with Crippen molar-refractivity contribution < 1.29 is 4.74 Å². The minimum absolute atomic E-state index is 0.0662. The Balaban J connectivity index is 2.25. The van der Waals surface area contributed by atoms with Crippen molar-refractivity contribution in [3.63, 3.8) is 0 Å². The van der Waals surface area contributed by atoms with E-state index in [9.17, 15) is 0 Å². The average Bonchev–Trinajstić information content (AvgIpc) is 2.62. The van der Waals surface area contributed by atoms with Gasteiger partial charge < -0.3 is 10.5 Å². The monoisotopic (exact) mass is 209 g/mol. The van der Waals surface area contributed by atoms with Gasteiger partial charge in [-0.2, -0.15) is 5.10 Å². The van der Waals surface area contributed by atoms with Crippen LogP contribution in [0.25, 0.3) is 0 Å². The summed E-state index contributed by atoms with van der Waals surface area (Å²) in [6.45, 7) is 3.71. The predicted octanol–water partition coefficient (Wildman–Crippen LogP) is 1.33. The number of nitrogens with two attached hydrogens (primary N) is 1. The first-order valence-corrected chi connectivity index (χ1v) is 5.55. The van der Waals surface area contributed by atoms with Crippen LogP contribution in [-0.4, -0.2) is 23.0 Å². The van der Waals surface area contributed by atoms with Crippen molar-refractivity contribution in [2.45, 2.75) is 31.7 Å². The van der Waals surface area contributed by atoms with E-state index in [1.165, 1.54) is 11.3 Å². The molecule has 84 valence electrons. The molecule has 0 radical (unpaired) electrons. The number of rotatable bonds is 2. The summed E-state index contributed by atoms with van der Waals surface area (Å²) in [6, 6.07) is 0.0662. The predicted molar refractivity (Wildman–Crippen MR) is 58.6 cm³/mol. The molecule has 1 atom stereocenters. The summed E-state index contributed by atoms with van der Waals surface area (Å²) in [7, 11) is 1.95. The van der Waals surface area contributed by atoms with Crippen LogP contribution in [0.3, 0.4) is 0 Å². The van der Waals surface area contributed by atoms with Gasteiger partial charge in [-0.05, 0) is 19.8 Å². The molecule has 1 aromatic heterocycles. The fraction of sp³-hybridized carbons (Fsp3) is 0.727. The van der Waals surface area contributed by atoms with Gasteiger partial charge in [0, 0.05) is 44.0 Å². The minimum atomic E-state index is 0.0662. The van der Waals surface area contributed by atoms with E-state index in [4.69, 9.17) is 10.5 Å². The summed E-state index contributed by atoms with van der Waals surface area (Å²) in [6.07, 6.45) is 4.17. The molecule has 0 bridgehead atoms. The normalized spacial score (nSPS) is 20.5. The second-order valence-corrected chi connectivity index (χ2v) is 4.32. The molecule has 2 N–H and O–H groups in total. The van der Waals surface area contributed by atoms with E-state index < -0.39 is 0 Å². The summed E-state index contributed by atoms with van der Waals surface area (Å²) in [5, 5.41) is 4.54. The fourth-order valence-electron chi connectivity index (χ4n) is 2.16. The molecule has 1 fully saturated rings. The van der Waals surface area contributed by atoms with Crippen molar-refractivity contribution in [3.05, 3.63) is 17.5 Å². The Bertz CT molecular complexity index is 327. The van der Waals surface area contributed by atoms with Crippen LogP contribution in [0.4, 0.5) is 0 Å². The Labute approximate surface area is 90.4 Å². The Morgan fingerprint density at radius 2 is 2.20 bits per heavy atom. The highest BCUT2D eigenvalue weighted by molar-refractivity contribution is 5.24. The SMILES string of the molecule is CC(N)c1cn(C)nc1C1CCOCC1. The van der Waals surface area contributed by atoms with Crippen LogP contribution in [0, 0.1) is 0 Å². The molecule has 1 aromatic rings. The largest absolute Gasteiger partial charge is 0.381 e. The van der Waals surface area contributed by atoms with Crippen LogP contribution < -0.4 is 5.73 Å². The Morgan fingerprint density at radius 1 is 1.53 bits per heavy atom. The molecule has 1 saturated heterocycles. The molecule has 0 saturated carbocycles. The van der Waals surface area contributed by atoms with E-state index >= 15 is 0 Å². The lowest BCUT2D eigenvalue weighted by Crippen LogP contribution is -2.17. The average molecular weight is 209 g/mol. The van der Waals surface area contributed by atoms with Gasteiger partial charge in [0.05, 0.1) is 5.69 Å². The molecular weight excluding hydrogens is 190 g/mol. The number of nitrogens with zero attached hydrogens (tertiary/aromatic N) is 2. The molecule has 4 heteroatoms. The molecule has 1 aliphatic rings. The zero-order valence-corrected chi connectivity index (χ0v) is 9.44. The first-order chi connectivity index (χ1) is 7.18. The maximum Gasteiger partial charge on any atom is 0.0704 e. The molecule has 4 nitrogen and oxygen atoms in total. The van der Waals surface area contributed by atoms with Gasteiger partial charge in [-0.3, -0.25) is 4.68 Å². The number of ether oxygens (including phenoxy) is 1. The molecule has 15 heavy (non-hydrogen) atoms. The molecule has 0 spiro atoms. The zero-order chi connectivity index (χ0) is 10.8. The minimum Gasteiger partial charge on any atom is -0.381 e. The first-order valence-electron chi connectivity index (χ1n) is 5.55. The third-order valence-electron chi connectivity index (χ3n) is 2.99. The molecular formula is C11H19N3O. The molecule has 1 unspecified atom stereocenters. The number of aryl methyl sites for hydroxylation is 1. The fourth-order valence-corrected chi connectivity index (χ4v) is 2.16. The Morgan fingerprint density at radius 3 is 2.80 bits per heavy atom. The summed E-state index contributed by atoms with van der Waals surface area (Å²) < 4.78 is 7.23. The molecule has 0 aromatic carbocycles. The van der Waals surface area contributed by atoms with Crippen molar-refractivity contribution in [1.29, 1.82) is 0 Å². The second-order valence-electron chi connectivity index (χ2n) is 4.32. The van der Waals surface area contributed by atoms with Crippen LogP contribution in [0.15, 0.2) is 6.20 Å². The van der Waals surface area contributed by atoms with E-state index in [0.717, 1.165) is 26.1 Å². The highest BCUT2D eigenvalue weighted by Crippen LogP contribution is 2.30. The van der Waals surface area contributed by atoms with Gasteiger partial charge in [-0.25, -0.2) is 0 Å². The van der Waals surface area contributed by atoms with Crippen LogP contribution in [0.2, 0.25) is 0 Å². The van der Waals surface area contributed by atoms with Crippen LogP contribution in [0.1, 0.15) is 43.0 Å². The van der Waals surface area contributed by atoms with Crippen molar-refractivity contribution in [1.82, 2.24) is 9.78 Å². The summed E-state index contributed by atoms with van der Waals surface area (Å²) in [5.41, 5.74) is 8.31. The summed E-state index contributed by atoms with van der Waals surface area (Å²) in [4.78, 5) is 0. The lowest BCUT2D eigenvalue weighted by molar-refractivity contribution is 0.0841. The topological polar surface area (TPSA) is 53.1 Å². The van der Waals surface area contributed by atoms with Gasteiger partial charge in [-0.1, -0.05) is 0 Å². The van der Waals surface area contributed by atoms with Crippen molar-refractivity contribution in [2.75, 3.05) is 13.2 Å². The lowest BCUT2D eigenvalue weighted by atomic mass is 9.92. The van der Waals surface area contributed by atoms with E-state index in [0.29, 0.717) is 5.92 Å². The number of aromatic nitrogens is 2. The molecule has 0 amide bonds. The third kappa shape index (κ3) is 2.21. The van der Waals surface area contributed by atoms with E-state index in [1.54, 1.807) is 0 Å². The maximum absolute atomic E-state index is 5.95. The van der Waals surface area contributed by atoms with Gasteiger partial charge in [-0.15, -0.1) is 0 Å². The van der Waals surface area contributed by atoms with Crippen molar-refractivity contribution in [3.8, 4) is 0 Å². The lowest BCUT2D eigenvalue weighted by Gasteiger charge is -2.22. The van der Waals surface area contributed by atoms with Gasteiger partial charge in [0.25, 0.3) is 0 Å². The zero-order valence-electron chi connectivity index (χ0n) is 9.44. The summed E-state index contributed by atoms with van der Waals surface area (Å²) in [5.74, 6) is 0.529. The quantitative estimate of drug-likeness (QED) is 0.799. The van der Waals surface area contributed by atoms with E-state index in [-0.39, 0.29) is 6.04 Å². The molecule has 2 rings (SSSR count). The number of hydrogen-bond donors (Lipinski definition) is 1. The molecule has 0 aliphatic carbocycles. The smallest absolute Gasteiger partial charge is 0.0704 e. The summed E-state index contributed by atoms with van der Waals surface area (Å²) >= 11 is 0. The molecule has 1 aliphatic heterocycles. The van der Waals surface area contributed by atoms with Crippen LogP contribution >= 0.6 is 0 Å². The standard InChI is InChI=1S/C11H19N3O/c1-8(12)10-7-14(2)13-11(10)9-3-5-15-6-4-9/h7-9H,3-6,12H2,1-2H3. The van der Waals surface area contributed by atoms with Crippen molar-refractivity contribution >= 4 is 0 Å².